The van der Waals surface area contributed by atoms with E-state index in [0.29, 0.717) is 36.5 Å². The standard InChI is InChI=1S/C16H23N3O3/c1-4-16(5-2,10-17)15(21)18-11-6-7-13-12(8-11)19(3)14(20)9-22-13/h6-8H,4-5,9-10,17H2,1-3H3,(H,18,21). The number of fused-ring (bicyclic) bond motifs is 1. The van der Waals surface area contributed by atoms with Crippen molar-refractivity contribution in [3.8, 4) is 5.75 Å². The average Bonchev–Trinajstić information content (AvgIpc) is 2.54. The first-order valence-electron chi connectivity index (χ1n) is 7.52. The Hall–Kier alpha value is -2.08. The van der Waals surface area contributed by atoms with Crippen molar-refractivity contribution in [2.24, 2.45) is 11.1 Å². The molecule has 22 heavy (non-hydrogen) atoms. The van der Waals surface area contributed by atoms with Crippen LogP contribution in [0.15, 0.2) is 18.2 Å². The van der Waals surface area contributed by atoms with Crippen molar-refractivity contribution in [2.45, 2.75) is 26.7 Å². The van der Waals surface area contributed by atoms with Crippen LogP contribution in [0.2, 0.25) is 0 Å². The number of ether oxygens (including phenoxy) is 1. The number of nitrogens with zero attached hydrogens (tertiary/aromatic N) is 1. The molecule has 0 saturated heterocycles. The van der Waals surface area contributed by atoms with E-state index in [2.05, 4.69) is 5.32 Å². The Kier molecular flexibility index (Phi) is 4.71. The molecule has 6 nitrogen and oxygen atoms in total. The van der Waals surface area contributed by atoms with Gasteiger partial charge >= 0.3 is 0 Å². The number of rotatable bonds is 5. The molecule has 0 atom stereocenters. The Labute approximate surface area is 130 Å². The fourth-order valence-electron chi connectivity index (χ4n) is 2.57. The van der Waals surface area contributed by atoms with Gasteiger partial charge in [0.25, 0.3) is 5.91 Å². The molecule has 0 aliphatic carbocycles. The quantitative estimate of drug-likeness (QED) is 0.868. The lowest BCUT2D eigenvalue weighted by Gasteiger charge is -2.29. The van der Waals surface area contributed by atoms with Crippen molar-refractivity contribution in [3.05, 3.63) is 18.2 Å². The summed E-state index contributed by atoms with van der Waals surface area (Å²) in [6.45, 7) is 4.27. The van der Waals surface area contributed by atoms with Crippen LogP contribution < -0.4 is 20.7 Å². The number of hydrogen-bond acceptors (Lipinski definition) is 4. The highest BCUT2D eigenvalue weighted by Gasteiger charge is 2.33. The number of hydrogen-bond donors (Lipinski definition) is 2. The fourth-order valence-corrected chi connectivity index (χ4v) is 2.57. The Morgan fingerprint density at radius 2 is 2.09 bits per heavy atom. The molecule has 0 saturated carbocycles. The number of carbonyl (C=O) groups excluding carboxylic acids is 2. The van der Waals surface area contributed by atoms with Crippen LogP contribution in [-0.4, -0.2) is 32.0 Å². The second-order valence-corrected chi connectivity index (χ2v) is 5.57. The van der Waals surface area contributed by atoms with Crippen molar-refractivity contribution in [2.75, 3.05) is 30.4 Å². The zero-order valence-electron chi connectivity index (χ0n) is 13.3. The minimum Gasteiger partial charge on any atom is -0.482 e. The van der Waals surface area contributed by atoms with Crippen LogP contribution in [0.5, 0.6) is 5.75 Å². The lowest BCUT2D eigenvalue weighted by molar-refractivity contribution is -0.125. The number of nitrogens with two attached hydrogens (primary N) is 1. The maximum Gasteiger partial charge on any atom is 0.264 e. The van der Waals surface area contributed by atoms with Crippen LogP contribution in [0, 0.1) is 5.41 Å². The molecule has 6 heteroatoms. The number of carbonyl (C=O) groups is 2. The topological polar surface area (TPSA) is 84.7 Å². The summed E-state index contributed by atoms with van der Waals surface area (Å²) < 4.78 is 5.37. The van der Waals surface area contributed by atoms with E-state index >= 15 is 0 Å². The summed E-state index contributed by atoms with van der Waals surface area (Å²) in [6, 6.07) is 5.28. The third kappa shape index (κ3) is 2.78. The molecule has 0 spiro atoms. The van der Waals surface area contributed by atoms with E-state index in [9.17, 15) is 9.59 Å². The molecule has 1 aliphatic rings. The smallest absolute Gasteiger partial charge is 0.264 e. The Morgan fingerprint density at radius 3 is 2.68 bits per heavy atom. The molecule has 0 radical (unpaired) electrons. The molecule has 2 rings (SSSR count). The predicted octanol–water partition coefficient (Wildman–Crippen LogP) is 1.75. The van der Waals surface area contributed by atoms with Crippen LogP contribution in [0.4, 0.5) is 11.4 Å². The monoisotopic (exact) mass is 305 g/mol. The van der Waals surface area contributed by atoms with Crippen molar-refractivity contribution in [1.82, 2.24) is 0 Å². The van der Waals surface area contributed by atoms with E-state index < -0.39 is 5.41 Å². The third-order valence-electron chi connectivity index (χ3n) is 4.53. The highest BCUT2D eigenvalue weighted by molar-refractivity contribution is 6.00. The molecular weight excluding hydrogens is 282 g/mol. The van der Waals surface area contributed by atoms with Crippen molar-refractivity contribution >= 4 is 23.2 Å². The maximum atomic E-state index is 12.5. The minimum atomic E-state index is -0.561. The summed E-state index contributed by atoms with van der Waals surface area (Å²) in [5.41, 5.74) is 6.53. The molecule has 1 aliphatic heterocycles. The number of amides is 2. The minimum absolute atomic E-state index is 0.0388. The lowest BCUT2D eigenvalue weighted by atomic mass is 9.81. The SMILES string of the molecule is CCC(CC)(CN)C(=O)Nc1ccc2c(c1)N(C)C(=O)CO2. The molecule has 120 valence electrons. The molecule has 0 fully saturated rings. The highest BCUT2D eigenvalue weighted by atomic mass is 16.5. The Bertz CT molecular complexity index is 574. The normalized spacial score (nSPS) is 14.4. The van der Waals surface area contributed by atoms with E-state index in [0.717, 1.165) is 0 Å². The van der Waals surface area contributed by atoms with E-state index in [4.69, 9.17) is 10.5 Å². The molecular formula is C16H23N3O3. The molecule has 0 aromatic heterocycles. The average molecular weight is 305 g/mol. The first kappa shape index (κ1) is 16.3. The molecule has 2 amide bonds. The second-order valence-electron chi connectivity index (χ2n) is 5.57. The van der Waals surface area contributed by atoms with Crippen molar-refractivity contribution < 1.29 is 14.3 Å². The zero-order valence-corrected chi connectivity index (χ0v) is 13.3. The maximum absolute atomic E-state index is 12.5. The summed E-state index contributed by atoms with van der Waals surface area (Å²) in [5.74, 6) is 0.427. The number of likely N-dealkylation sites (N-methyl/N-ethyl adjacent to an activating group) is 1. The van der Waals surface area contributed by atoms with Crippen LogP contribution >= 0.6 is 0 Å². The Morgan fingerprint density at radius 1 is 1.41 bits per heavy atom. The fraction of sp³-hybridized carbons (Fsp3) is 0.500. The molecule has 1 heterocycles. The predicted molar refractivity (Wildman–Crippen MR) is 86.0 cm³/mol. The third-order valence-corrected chi connectivity index (χ3v) is 4.53. The van der Waals surface area contributed by atoms with Gasteiger partial charge in [0.1, 0.15) is 5.75 Å². The van der Waals surface area contributed by atoms with Gasteiger partial charge in [0.2, 0.25) is 5.91 Å². The van der Waals surface area contributed by atoms with E-state index in [1.54, 1.807) is 25.2 Å². The molecule has 1 aromatic rings. The highest BCUT2D eigenvalue weighted by Crippen LogP contribution is 2.34. The van der Waals surface area contributed by atoms with Gasteiger partial charge in [-0.1, -0.05) is 13.8 Å². The largest absolute Gasteiger partial charge is 0.482 e. The van der Waals surface area contributed by atoms with Gasteiger partial charge in [-0.25, -0.2) is 0 Å². The summed E-state index contributed by atoms with van der Waals surface area (Å²) >= 11 is 0. The Balaban J connectivity index is 2.24. The molecule has 3 N–H and O–H groups in total. The van der Waals surface area contributed by atoms with Gasteiger partial charge in [-0.2, -0.15) is 0 Å². The summed E-state index contributed by atoms with van der Waals surface area (Å²) in [6.07, 6.45) is 1.36. The van der Waals surface area contributed by atoms with Crippen LogP contribution in [-0.2, 0) is 9.59 Å². The van der Waals surface area contributed by atoms with Gasteiger partial charge in [-0.15, -0.1) is 0 Å². The van der Waals surface area contributed by atoms with Gasteiger partial charge in [0, 0.05) is 19.3 Å². The van der Waals surface area contributed by atoms with Gasteiger partial charge in [-0.3, -0.25) is 9.59 Å². The van der Waals surface area contributed by atoms with E-state index in [-0.39, 0.29) is 18.4 Å². The number of nitrogens with one attached hydrogen (secondary N) is 1. The summed E-state index contributed by atoms with van der Waals surface area (Å²) in [5, 5.41) is 2.91. The van der Waals surface area contributed by atoms with Gasteiger partial charge in [-0.05, 0) is 31.0 Å². The second kappa shape index (κ2) is 6.36. The van der Waals surface area contributed by atoms with E-state index in [1.807, 2.05) is 13.8 Å². The summed E-state index contributed by atoms with van der Waals surface area (Å²) in [4.78, 5) is 25.8. The van der Waals surface area contributed by atoms with Crippen molar-refractivity contribution in [1.29, 1.82) is 0 Å². The zero-order chi connectivity index (χ0) is 16.3. The van der Waals surface area contributed by atoms with Crippen LogP contribution in [0.1, 0.15) is 26.7 Å². The van der Waals surface area contributed by atoms with Crippen LogP contribution in [0.3, 0.4) is 0 Å². The van der Waals surface area contributed by atoms with E-state index in [1.165, 1.54) is 4.90 Å². The lowest BCUT2D eigenvalue weighted by Crippen LogP contribution is -2.41. The first-order chi connectivity index (χ1) is 10.5. The molecule has 0 bridgehead atoms. The first-order valence-corrected chi connectivity index (χ1v) is 7.52. The van der Waals surface area contributed by atoms with Gasteiger partial charge in [0.15, 0.2) is 6.61 Å². The molecule has 0 unspecified atom stereocenters. The van der Waals surface area contributed by atoms with Crippen molar-refractivity contribution in [3.63, 3.8) is 0 Å². The summed E-state index contributed by atoms with van der Waals surface area (Å²) in [7, 11) is 1.69. The number of anilines is 2. The van der Waals surface area contributed by atoms with Gasteiger partial charge < -0.3 is 20.7 Å². The molecule has 1 aromatic carbocycles. The van der Waals surface area contributed by atoms with Crippen LogP contribution in [0.25, 0.3) is 0 Å². The van der Waals surface area contributed by atoms with Gasteiger partial charge in [0.05, 0.1) is 11.1 Å². The number of benzene rings is 1.